The SMILES string of the molecule is CC(C)(C)c1ccc2[nH]c(-c3ccc(I)cc3)c(CCCCN)c2c1. The van der Waals surface area contributed by atoms with E-state index in [0.717, 1.165) is 25.8 Å². The van der Waals surface area contributed by atoms with E-state index in [9.17, 15) is 0 Å². The van der Waals surface area contributed by atoms with Gasteiger partial charge in [-0.25, -0.2) is 0 Å². The van der Waals surface area contributed by atoms with Crippen LogP contribution in [0.2, 0.25) is 0 Å². The van der Waals surface area contributed by atoms with Crippen molar-refractivity contribution in [3.63, 3.8) is 0 Å². The zero-order valence-corrected chi connectivity index (χ0v) is 17.5. The number of aromatic nitrogens is 1. The number of halogens is 1. The van der Waals surface area contributed by atoms with Crippen LogP contribution in [0.3, 0.4) is 0 Å². The number of hydrogen-bond acceptors (Lipinski definition) is 1. The third kappa shape index (κ3) is 4.09. The molecule has 0 aliphatic carbocycles. The van der Waals surface area contributed by atoms with E-state index in [1.807, 2.05) is 0 Å². The third-order valence-electron chi connectivity index (χ3n) is 4.79. The minimum atomic E-state index is 0.156. The van der Waals surface area contributed by atoms with Crippen molar-refractivity contribution in [2.45, 2.75) is 45.4 Å². The zero-order chi connectivity index (χ0) is 18.0. The van der Waals surface area contributed by atoms with Gasteiger partial charge in [0.25, 0.3) is 0 Å². The summed E-state index contributed by atoms with van der Waals surface area (Å²) in [6, 6.07) is 15.6. The summed E-state index contributed by atoms with van der Waals surface area (Å²) in [5.74, 6) is 0. The van der Waals surface area contributed by atoms with E-state index < -0.39 is 0 Å². The van der Waals surface area contributed by atoms with Crippen LogP contribution >= 0.6 is 22.6 Å². The van der Waals surface area contributed by atoms with Crippen LogP contribution in [0.1, 0.15) is 44.7 Å². The standard InChI is InChI=1S/C22H27IN2/c1-22(2,3)16-9-12-20-19(14-16)18(6-4-5-13-24)21(25-20)15-7-10-17(23)11-8-15/h7-12,14,25H,4-6,13,24H2,1-3H3. The predicted molar refractivity (Wildman–Crippen MR) is 117 cm³/mol. The van der Waals surface area contributed by atoms with E-state index in [1.165, 1.54) is 36.9 Å². The quantitative estimate of drug-likeness (QED) is 0.365. The number of aromatic amines is 1. The molecule has 132 valence electrons. The molecule has 0 saturated carbocycles. The lowest BCUT2D eigenvalue weighted by Gasteiger charge is -2.19. The van der Waals surface area contributed by atoms with Gasteiger partial charge in [-0.3, -0.25) is 0 Å². The molecule has 0 saturated heterocycles. The Morgan fingerprint density at radius 2 is 1.72 bits per heavy atom. The molecule has 2 aromatic carbocycles. The molecule has 3 rings (SSSR count). The zero-order valence-electron chi connectivity index (χ0n) is 15.3. The third-order valence-corrected chi connectivity index (χ3v) is 5.51. The van der Waals surface area contributed by atoms with Gasteiger partial charge < -0.3 is 10.7 Å². The molecular formula is C22H27IN2. The van der Waals surface area contributed by atoms with Gasteiger partial charge in [0.1, 0.15) is 0 Å². The normalized spacial score (nSPS) is 12.0. The molecule has 2 nitrogen and oxygen atoms in total. The molecule has 3 N–H and O–H groups in total. The van der Waals surface area contributed by atoms with Gasteiger partial charge in [0.15, 0.2) is 0 Å². The Labute approximate surface area is 164 Å². The molecule has 3 heteroatoms. The average Bonchev–Trinajstić information content (AvgIpc) is 2.93. The van der Waals surface area contributed by atoms with E-state index in [4.69, 9.17) is 5.73 Å². The first-order valence-electron chi connectivity index (χ1n) is 9.01. The molecule has 1 aromatic heterocycles. The summed E-state index contributed by atoms with van der Waals surface area (Å²) < 4.78 is 1.26. The van der Waals surface area contributed by atoms with E-state index in [0.29, 0.717) is 0 Å². The number of nitrogens with one attached hydrogen (secondary N) is 1. The molecule has 0 atom stereocenters. The minimum absolute atomic E-state index is 0.156. The minimum Gasteiger partial charge on any atom is -0.354 e. The van der Waals surface area contributed by atoms with Crippen molar-refractivity contribution in [1.82, 2.24) is 4.98 Å². The van der Waals surface area contributed by atoms with Crippen molar-refractivity contribution in [3.8, 4) is 11.3 Å². The summed E-state index contributed by atoms with van der Waals surface area (Å²) in [6.07, 6.45) is 3.25. The van der Waals surface area contributed by atoms with Gasteiger partial charge in [0.05, 0.1) is 0 Å². The lowest BCUT2D eigenvalue weighted by atomic mass is 9.86. The van der Waals surface area contributed by atoms with Crippen LogP contribution in [0.15, 0.2) is 42.5 Å². The molecule has 3 aromatic rings. The highest BCUT2D eigenvalue weighted by atomic mass is 127. The fraction of sp³-hybridized carbons (Fsp3) is 0.364. The Morgan fingerprint density at radius 3 is 2.36 bits per heavy atom. The maximum Gasteiger partial charge on any atom is 0.0497 e. The van der Waals surface area contributed by atoms with Gasteiger partial charge in [-0.05, 0) is 94.8 Å². The van der Waals surface area contributed by atoms with Gasteiger partial charge in [-0.1, -0.05) is 39.0 Å². The first-order valence-corrected chi connectivity index (χ1v) is 10.1. The lowest BCUT2D eigenvalue weighted by Crippen LogP contribution is -2.10. The van der Waals surface area contributed by atoms with Crippen LogP contribution in [-0.4, -0.2) is 11.5 Å². The first-order chi connectivity index (χ1) is 11.9. The number of hydrogen-bond donors (Lipinski definition) is 2. The van der Waals surface area contributed by atoms with Crippen LogP contribution in [0.4, 0.5) is 0 Å². The summed E-state index contributed by atoms with van der Waals surface area (Å²) in [5, 5.41) is 1.36. The van der Waals surface area contributed by atoms with Crippen molar-refractivity contribution in [2.24, 2.45) is 5.73 Å². The number of fused-ring (bicyclic) bond motifs is 1. The average molecular weight is 446 g/mol. The number of unbranched alkanes of at least 4 members (excludes halogenated alkanes) is 1. The number of H-pyrrole nitrogens is 1. The van der Waals surface area contributed by atoms with Gasteiger partial charge in [0.2, 0.25) is 0 Å². The van der Waals surface area contributed by atoms with Crippen molar-refractivity contribution in [2.75, 3.05) is 6.54 Å². The Hall–Kier alpha value is -1.33. The first kappa shape index (κ1) is 18.5. The molecular weight excluding hydrogens is 419 g/mol. The maximum absolute atomic E-state index is 5.72. The summed E-state index contributed by atoms with van der Waals surface area (Å²) in [4.78, 5) is 3.67. The molecule has 0 amide bonds. The van der Waals surface area contributed by atoms with Crippen LogP contribution in [-0.2, 0) is 11.8 Å². The summed E-state index contributed by atoms with van der Waals surface area (Å²) in [6.45, 7) is 7.58. The number of benzene rings is 2. The Bertz CT molecular complexity index is 854. The maximum atomic E-state index is 5.72. The van der Waals surface area contributed by atoms with Crippen molar-refractivity contribution in [3.05, 3.63) is 57.2 Å². The fourth-order valence-corrected chi connectivity index (χ4v) is 3.64. The Morgan fingerprint density at radius 1 is 1.00 bits per heavy atom. The smallest absolute Gasteiger partial charge is 0.0497 e. The molecule has 0 aliphatic rings. The summed E-state index contributed by atoms with van der Waals surface area (Å²) in [7, 11) is 0. The van der Waals surface area contributed by atoms with Crippen LogP contribution in [0, 0.1) is 3.57 Å². The second kappa shape index (κ2) is 7.50. The molecule has 0 bridgehead atoms. The second-order valence-electron chi connectivity index (χ2n) is 7.74. The topological polar surface area (TPSA) is 41.8 Å². The van der Waals surface area contributed by atoms with Gasteiger partial charge in [-0.15, -0.1) is 0 Å². The van der Waals surface area contributed by atoms with E-state index >= 15 is 0 Å². The van der Waals surface area contributed by atoms with Crippen LogP contribution in [0.25, 0.3) is 22.2 Å². The molecule has 0 fully saturated rings. The highest BCUT2D eigenvalue weighted by Crippen LogP contribution is 2.34. The molecule has 0 radical (unpaired) electrons. The Kier molecular flexibility index (Phi) is 5.54. The number of aryl methyl sites for hydroxylation is 1. The number of nitrogens with two attached hydrogens (primary N) is 1. The Balaban J connectivity index is 2.14. The molecule has 0 unspecified atom stereocenters. The van der Waals surface area contributed by atoms with Crippen molar-refractivity contribution in [1.29, 1.82) is 0 Å². The highest BCUT2D eigenvalue weighted by molar-refractivity contribution is 14.1. The molecule has 1 heterocycles. The predicted octanol–water partition coefficient (Wildman–Crippen LogP) is 6.02. The van der Waals surface area contributed by atoms with Crippen molar-refractivity contribution >= 4 is 33.5 Å². The molecule has 25 heavy (non-hydrogen) atoms. The van der Waals surface area contributed by atoms with E-state index in [1.54, 1.807) is 0 Å². The largest absolute Gasteiger partial charge is 0.354 e. The van der Waals surface area contributed by atoms with Crippen LogP contribution in [0.5, 0.6) is 0 Å². The summed E-state index contributed by atoms with van der Waals surface area (Å²) >= 11 is 2.36. The van der Waals surface area contributed by atoms with Crippen molar-refractivity contribution < 1.29 is 0 Å². The summed E-state index contributed by atoms with van der Waals surface area (Å²) in [5.41, 5.74) is 12.4. The van der Waals surface area contributed by atoms with E-state index in [2.05, 4.69) is 90.8 Å². The number of rotatable bonds is 5. The molecule has 0 spiro atoms. The van der Waals surface area contributed by atoms with Crippen LogP contribution < -0.4 is 5.73 Å². The molecule has 0 aliphatic heterocycles. The van der Waals surface area contributed by atoms with Gasteiger partial charge in [0, 0.05) is 20.2 Å². The monoisotopic (exact) mass is 446 g/mol. The lowest BCUT2D eigenvalue weighted by molar-refractivity contribution is 0.591. The second-order valence-corrected chi connectivity index (χ2v) is 8.99. The van der Waals surface area contributed by atoms with Gasteiger partial charge in [-0.2, -0.15) is 0 Å². The highest BCUT2D eigenvalue weighted by Gasteiger charge is 2.18. The van der Waals surface area contributed by atoms with Gasteiger partial charge >= 0.3 is 0 Å². The van der Waals surface area contributed by atoms with E-state index in [-0.39, 0.29) is 5.41 Å². The fourth-order valence-electron chi connectivity index (χ4n) is 3.28.